The number of ether oxygens (including phenoxy) is 2. The minimum Gasteiger partial charge on any atom is -0.503 e. The SMILES string of the molecule is C.COc1cc(Br)nc(C(=O)O)c1O.COc1ccnc(C(=O)O)c1O. The Bertz CT molecular complexity index is 797. The predicted molar refractivity (Wildman–Crippen MR) is 93.3 cm³/mol. The van der Waals surface area contributed by atoms with Gasteiger partial charge in [0.1, 0.15) is 4.60 Å². The lowest BCUT2D eigenvalue weighted by Gasteiger charge is -2.05. The second kappa shape index (κ2) is 10.0. The van der Waals surface area contributed by atoms with Gasteiger partial charge in [0.25, 0.3) is 0 Å². The van der Waals surface area contributed by atoms with Gasteiger partial charge in [-0.3, -0.25) is 0 Å². The summed E-state index contributed by atoms with van der Waals surface area (Å²) in [5.41, 5.74) is -0.847. The van der Waals surface area contributed by atoms with E-state index in [1.807, 2.05) is 0 Å². The van der Waals surface area contributed by atoms with Crippen LogP contribution in [0.3, 0.4) is 0 Å². The van der Waals surface area contributed by atoms with E-state index >= 15 is 0 Å². The van der Waals surface area contributed by atoms with Gasteiger partial charge in [-0.05, 0) is 15.9 Å². The molecule has 0 atom stereocenters. The van der Waals surface area contributed by atoms with Crippen molar-refractivity contribution in [3.8, 4) is 23.0 Å². The zero-order valence-corrected chi connectivity index (χ0v) is 14.5. The van der Waals surface area contributed by atoms with Crippen molar-refractivity contribution in [3.05, 3.63) is 34.3 Å². The second-order valence-corrected chi connectivity index (χ2v) is 4.98. The summed E-state index contributed by atoms with van der Waals surface area (Å²) in [6, 6.07) is 2.75. The molecule has 0 aliphatic heterocycles. The van der Waals surface area contributed by atoms with E-state index in [0.717, 1.165) is 0 Å². The van der Waals surface area contributed by atoms with Crippen molar-refractivity contribution in [2.45, 2.75) is 7.43 Å². The van der Waals surface area contributed by atoms with Gasteiger partial charge >= 0.3 is 11.9 Å². The Morgan fingerprint density at radius 3 is 1.96 bits per heavy atom. The maximum Gasteiger partial charge on any atom is 0.358 e. The molecule has 2 aromatic heterocycles. The normalized spacial score (nSPS) is 9.19. The summed E-state index contributed by atoms with van der Waals surface area (Å²) >= 11 is 2.99. The first-order valence-electron chi connectivity index (χ1n) is 6.34. The number of carboxylic acid groups (broad SMARTS) is 2. The van der Waals surface area contributed by atoms with E-state index in [9.17, 15) is 19.8 Å². The van der Waals surface area contributed by atoms with Gasteiger partial charge in [-0.2, -0.15) is 0 Å². The summed E-state index contributed by atoms with van der Waals surface area (Å²) in [4.78, 5) is 28.0. The lowest BCUT2D eigenvalue weighted by molar-refractivity contribution is 0.0675. The van der Waals surface area contributed by atoms with E-state index in [1.165, 1.54) is 32.5 Å². The molecular formula is C15H17BrN2O8. The highest BCUT2D eigenvalue weighted by Gasteiger charge is 2.17. The molecular weight excluding hydrogens is 416 g/mol. The Balaban J connectivity index is 0.000000464. The minimum atomic E-state index is -1.31. The molecule has 2 aromatic rings. The third-order valence-corrected chi connectivity index (χ3v) is 3.06. The van der Waals surface area contributed by atoms with Gasteiger partial charge in [-0.25, -0.2) is 19.6 Å². The number of methoxy groups -OCH3 is 2. The Kier molecular flexibility index (Phi) is 8.85. The topological polar surface area (TPSA) is 159 Å². The minimum absolute atomic E-state index is 0. The average molecular weight is 433 g/mol. The fraction of sp³-hybridized carbons (Fsp3) is 0.200. The fourth-order valence-electron chi connectivity index (χ4n) is 1.55. The van der Waals surface area contributed by atoms with Crippen molar-refractivity contribution < 1.29 is 39.5 Å². The summed E-state index contributed by atoms with van der Waals surface area (Å²) in [7, 11) is 2.66. The smallest absolute Gasteiger partial charge is 0.358 e. The molecule has 0 bridgehead atoms. The third-order valence-electron chi connectivity index (χ3n) is 2.66. The Morgan fingerprint density at radius 2 is 1.50 bits per heavy atom. The summed E-state index contributed by atoms with van der Waals surface area (Å²) in [5, 5.41) is 35.6. The van der Waals surface area contributed by atoms with E-state index in [4.69, 9.17) is 14.9 Å². The number of carbonyl (C=O) groups is 2. The zero-order chi connectivity index (χ0) is 19.1. The van der Waals surface area contributed by atoms with Crippen LogP contribution in [0.15, 0.2) is 22.9 Å². The van der Waals surface area contributed by atoms with Crippen LogP contribution in [0.2, 0.25) is 0 Å². The Morgan fingerprint density at radius 1 is 1.00 bits per heavy atom. The number of rotatable bonds is 4. The third kappa shape index (κ3) is 5.48. The zero-order valence-electron chi connectivity index (χ0n) is 12.9. The molecule has 0 saturated heterocycles. The van der Waals surface area contributed by atoms with Crippen molar-refractivity contribution >= 4 is 27.9 Å². The van der Waals surface area contributed by atoms with Crippen molar-refractivity contribution in [2.75, 3.05) is 14.2 Å². The molecule has 26 heavy (non-hydrogen) atoms. The van der Waals surface area contributed by atoms with Crippen LogP contribution in [0.25, 0.3) is 0 Å². The van der Waals surface area contributed by atoms with E-state index in [0.29, 0.717) is 4.60 Å². The molecule has 0 aliphatic rings. The van der Waals surface area contributed by atoms with Crippen molar-refractivity contribution in [3.63, 3.8) is 0 Å². The summed E-state index contributed by atoms with van der Waals surface area (Å²) in [6.07, 6.45) is 1.25. The van der Waals surface area contributed by atoms with Gasteiger partial charge in [0.2, 0.25) is 0 Å². The van der Waals surface area contributed by atoms with Crippen molar-refractivity contribution in [2.24, 2.45) is 0 Å². The number of aromatic carboxylic acids is 2. The maximum atomic E-state index is 10.5. The molecule has 0 unspecified atom stereocenters. The van der Waals surface area contributed by atoms with Crippen LogP contribution in [0.5, 0.6) is 23.0 Å². The van der Waals surface area contributed by atoms with Gasteiger partial charge in [0.15, 0.2) is 34.4 Å². The molecule has 0 fully saturated rings. The van der Waals surface area contributed by atoms with E-state index in [-0.39, 0.29) is 18.9 Å². The number of hydrogen-bond donors (Lipinski definition) is 4. The molecule has 142 valence electrons. The first-order chi connectivity index (χ1) is 11.7. The highest BCUT2D eigenvalue weighted by molar-refractivity contribution is 9.10. The number of nitrogens with zero attached hydrogens (tertiary/aromatic N) is 2. The van der Waals surface area contributed by atoms with Crippen LogP contribution < -0.4 is 9.47 Å². The van der Waals surface area contributed by atoms with Gasteiger partial charge in [0, 0.05) is 18.3 Å². The highest BCUT2D eigenvalue weighted by Crippen LogP contribution is 2.31. The van der Waals surface area contributed by atoms with Crippen LogP contribution in [-0.2, 0) is 0 Å². The highest BCUT2D eigenvalue weighted by atomic mass is 79.9. The molecule has 11 heteroatoms. The standard InChI is InChI=1S/C7H6BrNO4.C7H7NO4.CH4/c1-13-3-2-4(8)9-5(6(3)10)7(11)12;1-12-4-2-3-8-5(6(4)9)7(10)11;/h2,10H,1H3,(H,11,12);2-3,9H,1H3,(H,10,11);1H4. The van der Waals surface area contributed by atoms with Crippen molar-refractivity contribution in [1.82, 2.24) is 9.97 Å². The number of aromatic hydroxyl groups is 2. The van der Waals surface area contributed by atoms with Crippen LogP contribution in [0.1, 0.15) is 28.4 Å². The molecule has 2 rings (SSSR count). The van der Waals surface area contributed by atoms with Gasteiger partial charge in [-0.15, -0.1) is 0 Å². The van der Waals surface area contributed by atoms with Gasteiger partial charge in [-0.1, -0.05) is 7.43 Å². The monoisotopic (exact) mass is 432 g/mol. The van der Waals surface area contributed by atoms with E-state index in [1.54, 1.807) is 0 Å². The summed E-state index contributed by atoms with van der Waals surface area (Å²) < 4.78 is 9.71. The number of halogens is 1. The molecule has 0 saturated carbocycles. The molecule has 0 radical (unpaired) electrons. The molecule has 0 aliphatic carbocycles. The van der Waals surface area contributed by atoms with E-state index in [2.05, 4.69) is 30.6 Å². The lowest BCUT2D eigenvalue weighted by atomic mass is 10.3. The molecule has 2 heterocycles. The number of carboxylic acids is 2. The van der Waals surface area contributed by atoms with Crippen LogP contribution in [-0.4, -0.2) is 56.6 Å². The molecule has 10 nitrogen and oxygen atoms in total. The Labute approximate surface area is 156 Å². The van der Waals surface area contributed by atoms with Crippen molar-refractivity contribution in [1.29, 1.82) is 0 Å². The van der Waals surface area contributed by atoms with Gasteiger partial charge < -0.3 is 29.9 Å². The number of hydrogen-bond acceptors (Lipinski definition) is 8. The Hall–Kier alpha value is -3.08. The van der Waals surface area contributed by atoms with Crippen LogP contribution in [0.4, 0.5) is 0 Å². The van der Waals surface area contributed by atoms with E-state index < -0.39 is 34.8 Å². The second-order valence-electron chi connectivity index (χ2n) is 4.17. The maximum absolute atomic E-state index is 10.5. The number of pyridine rings is 2. The predicted octanol–water partition coefficient (Wildman–Crippen LogP) is 2.39. The fourth-order valence-corrected chi connectivity index (χ4v) is 1.93. The molecule has 0 spiro atoms. The summed E-state index contributed by atoms with van der Waals surface area (Å²) in [6.45, 7) is 0. The molecule has 0 aromatic carbocycles. The average Bonchev–Trinajstić information content (AvgIpc) is 2.56. The van der Waals surface area contributed by atoms with Gasteiger partial charge in [0.05, 0.1) is 14.2 Å². The largest absolute Gasteiger partial charge is 0.503 e. The first kappa shape index (κ1) is 22.9. The van der Waals surface area contributed by atoms with Crippen LogP contribution >= 0.6 is 15.9 Å². The molecule has 4 N–H and O–H groups in total. The first-order valence-corrected chi connectivity index (χ1v) is 7.14. The quantitative estimate of drug-likeness (QED) is 0.527. The number of aromatic nitrogens is 2. The van der Waals surface area contributed by atoms with Crippen LogP contribution in [0, 0.1) is 0 Å². The molecule has 0 amide bonds. The lowest BCUT2D eigenvalue weighted by Crippen LogP contribution is -2.02. The summed E-state index contributed by atoms with van der Waals surface area (Å²) in [5.74, 6) is -3.35.